The molecule has 1 fully saturated rings. The third-order valence-corrected chi connectivity index (χ3v) is 7.63. The summed E-state index contributed by atoms with van der Waals surface area (Å²) < 4.78 is 5.18. The molecule has 1 N–H and O–H groups in total. The summed E-state index contributed by atoms with van der Waals surface area (Å²) in [5.74, 6) is 0.326. The van der Waals surface area contributed by atoms with Gasteiger partial charge in [-0.1, -0.05) is 48.2 Å². The van der Waals surface area contributed by atoms with Crippen molar-refractivity contribution in [3.8, 4) is 5.75 Å². The molecule has 3 aromatic rings. The highest BCUT2D eigenvalue weighted by Crippen LogP contribution is 2.47. The summed E-state index contributed by atoms with van der Waals surface area (Å²) in [4.78, 5) is 31.1. The normalized spacial score (nSPS) is 18.6. The molecule has 34 heavy (non-hydrogen) atoms. The van der Waals surface area contributed by atoms with Gasteiger partial charge in [-0.15, -0.1) is 11.6 Å². The Balaban J connectivity index is 1.22. The Labute approximate surface area is 207 Å². The first kappa shape index (κ1) is 22.6. The van der Waals surface area contributed by atoms with E-state index in [0.29, 0.717) is 12.3 Å². The van der Waals surface area contributed by atoms with E-state index in [-0.39, 0.29) is 5.91 Å². The molecule has 2 aliphatic rings. The molecule has 5 rings (SSSR count). The summed E-state index contributed by atoms with van der Waals surface area (Å²) in [7, 11) is 1.59. The Bertz CT molecular complexity index is 1170. The molecule has 0 aliphatic carbocycles. The number of ether oxygens (including phenoxy) is 1. The second kappa shape index (κ2) is 9.60. The quantitative estimate of drug-likeness (QED) is 0.275. The van der Waals surface area contributed by atoms with E-state index in [9.17, 15) is 9.59 Å². The average molecular weight is 494 g/mol. The molecule has 2 unspecified atom stereocenters. The summed E-state index contributed by atoms with van der Waals surface area (Å²) in [6, 6.07) is 23.0. The number of rotatable bonds is 6. The minimum Gasteiger partial charge on any atom is -0.497 e. The molecule has 174 valence electrons. The summed E-state index contributed by atoms with van der Waals surface area (Å²) >= 11 is 8.03. The number of carbonyl (C=O) groups is 2. The van der Waals surface area contributed by atoms with Crippen molar-refractivity contribution in [2.24, 2.45) is 0 Å². The van der Waals surface area contributed by atoms with Gasteiger partial charge in [-0.2, -0.15) is 0 Å². The number of carbonyl (C=O) groups excluding carboxylic acids is 2. The number of nitrogens with zero attached hydrogens (tertiary/aromatic N) is 2. The van der Waals surface area contributed by atoms with E-state index in [1.165, 1.54) is 26.1 Å². The number of β-lactam (4-membered cyclic amide) rings is 1. The molecular formula is C26H24ClN3O3S. The van der Waals surface area contributed by atoms with Crippen molar-refractivity contribution in [2.75, 3.05) is 25.1 Å². The zero-order chi connectivity index (χ0) is 23.7. The number of alkyl halides is 1. The maximum atomic E-state index is 12.8. The van der Waals surface area contributed by atoms with Crippen LogP contribution in [-0.2, 0) is 4.79 Å². The van der Waals surface area contributed by atoms with Gasteiger partial charge >= 0.3 is 6.03 Å². The van der Waals surface area contributed by atoms with Crippen LogP contribution in [0.3, 0.4) is 0 Å². The molecule has 6 nitrogen and oxygen atoms in total. The van der Waals surface area contributed by atoms with Gasteiger partial charge in [-0.3, -0.25) is 9.69 Å². The Morgan fingerprint density at radius 1 is 1.00 bits per heavy atom. The maximum Gasteiger partial charge on any atom is 0.324 e. The second-order valence-corrected chi connectivity index (χ2v) is 9.66. The number of imide groups is 1. The van der Waals surface area contributed by atoms with Crippen molar-refractivity contribution in [3.63, 3.8) is 0 Å². The predicted octanol–water partition coefficient (Wildman–Crippen LogP) is 5.59. The van der Waals surface area contributed by atoms with E-state index in [2.05, 4.69) is 34.5 Å². The highest BCUT2D eigenvalue weighted by atomic mass is 35.5. The summed E-state index contributed by atoms with van der Waals surface area (Å²) in [5.41, 5.74) is 3.13. The number of fused-ring (bicyclic) bond motifs is 2. The number of hydrogen-bond donors (Lipinski definition) is 1. The molecule has 0 spiro atoms. The minimum atomic E-state index is -0.752. The van der Waals surface area contributed by atoms with Gasteiger partial charge in [0.05, 0.1) is 24.5 Å². The zero-order valence-corrected chi connectivity index (χ0v) is 20.2. The fourth-order valence-electron chi connectivity index (χ4n) is 4.34. The number of para-hydroxylation sites is 2. The molecule has 0 radical (unpaired) electrons. The highest BCUT2D eigenvalue weighted by Gasteiger charge is 2.50. The Morgan fingerprint density at radius 2 is 1.62 bits per heavy atom. The Morgan fingerprint density at radius 3 is 2.24 bits per heavy atom. The molecule has 0 bridgehead atoms. The molecule has 3 amide bonds. The van der Waals surface area contributed by atoms with E-state index >= 15 is 0 Å². The van der Waals surface area contributed by atoms with Crippen molar-refractivity contribution in [1.29, 1.82) is 0 Å². The first-order valence-corrected chi connectivity index (χ1v) is 12.4. The monoisotopic (exact) mass is 493 g/mol. The fourth-order valence-corrected chi connectivity index (χ4v) is 5.80. The predicted molar refractivity (Wildman–Crippen MR) is 134 cm³/mol. The first-order valence-electron chi connectivity index (χ1n) is 11.1. The molecule has 2 aliphatic heterocycles. The topological polar surface area (TPSA) is 61.9 Å². The Hall–Kier alpha value is -3.16. The lowest BCUT2D eigenvalue weighted by atomic mass is 9.93. The van der Waals surface area contributed by atoms with Crippen molar-refractivity contribution in [1.82, 2.24) is 10.2 Å². The smallest absolute Gasteiger partial charge is 0.324 e. The van der Waals surface area contributed by atoms with Crippen LogP contribution in [0.2, 0.25) is 0 Å². The molecular weight excluding hydrogens is 470 g/mol. The lowest BCUT2D eigenvalue weighted by molar-refractivity contribution is -0.140. The van der Waals surface area contributed by atoms with Gasteiger partial charge in [-0.05, 0) is 48.4 Å². The zero-order valence-electron chi connectivity index (χ0n) is 18.6. The number of nitrogens with one attached hydrogen (secondary N) is 1. The summed E-state index contributed by atoms with van der Waals surface area (Å²) in [6.45, 7) is 1.18. The largest absolute Gasteiger partial charge is 0.497 e. The molecule has 8 heteroatoms. The van der Waals surface area contributed by atoms with Crippen LogP contribution < -0.4 is 15.0 Å². The number of methoxy groups -OCH3 is 1. The summed E-state index contributed by atoms with van der Waals surface area (Å²) in [5, 5.41) is 2.14. The van der Waals surface area contributed by atoms with Crippen LogP contribution in [0.1, 0.15) is 18.0 Å². The average Bonchev–Trinajstić information content (AvgIpc) is 2.88. The number of likely N-dealkylation sites (tertiary alicyclic amines) is 1. The molecule has 2 heterocycles. The molecule has 0 saturated carbocycles. The number of amides is 3. The third-order valence-electron chi connectivity index (χ3n) is 6.07. The maximum absolute atomic E-state index is 12.8. The van der Waals surface area contributed by atoms with Gasteiger partial charge in [0.15, 0.2) is 0 Å². The number of urea groups is 1. The van der Waals surface area contributed by atoms with Crippen LogP contribution in [0.5, 0.6) is 5.75 Å². The van der Waals surface area contributed by atoms with Gasteiger partial charge in [0.25, 0.3) is 5.91 Å². The second-order valence-electron chi connectivity index (χ2n) is 8.10. The van der Waals surface area contributed by atoms with Crippen LogP contribution in [0.4, 0.5) is 16.2 Å². The number of anilines is 2. The van der Waals surface area contributed by atoms with Crippen molar-refractivity contribution in [3.05, 3.63) is 78.4 Å². The molecule has 3 aromatic carbocycles. The fraction of sp³-hybridized carbons (Fsp3) is 0.231. The first-order chi connectivity index (χ1) is 16.6. The molecule has 2 atom stereocenters. The van der Waals surface area contributed by atoms with E-state index in [4.69, 9.17) is 16.3 Å². The van der Waals surface area contributed by atoms with Crippen LogP contribution >= 0.6 is 23.4 Å². The van der Waals surface area contributed by atoms with Gasteiger partial charge in [0.1, 0.15) is 11.1 Å². The Kier molecular flexibility index (Phi) is 6.39. The number of halogens is 1. The van der Waals surface area contributed by atoms with Gasteiger partial charge < -0.3 is 15.0 Å². The van der Waals surface area contributed by atoms with Crippen molar-refractivity contribution < 1.29 is 14.3 Å². The van der Waals surface area contributed by atoms with Gasteiger partial charge in [0, 0.05) is 22.9 Å². The van der Waals surface area contributed by atoms with Crippen molar-refractivity contribution >= 4 is 46.7 Å². The van der Waals surface area contributed by atoms with E-state index < -0.39 is 17.5 Å². The van der Waals surface area contributed by atoms with Gasteiger partial charge in [0.2, 0.25) is 0 Å². The molecule has 0 aromatic heterocycles. The van der Waals surface area contributed by atoms with Crippen LogP contribution in [-0.4, -0.2) is 42.4 Å². The minimum absolute atomic E-state index is 0.379. The highest BCUT2D eigenvalue weighted by molar-refractivity contribution is 7.99. The lowest BCUT2D eigenvalue weighted by Gasteiger charge is -2.42. The van der Waals surface area contributed by atoms with E-state index in [0.717, 1.165) is 18.5 Å². The lowest BCUT2D eigenvalue weighted by Crippen LogP contribution is -2.61. The van der Waals surface area contributed by atoms with Crippen LogP contribution in [0, 0.1) is 0 Å². The summed E-state index contributed by atoms with van der Waals surface area (Å²) in [6.07, 6.45) is 0.721. The van der Waals surface area contributed by atoms with Crippen molar-refractivity contribution in [2.45, 2.75) is 27.6 Å². The number of benzene rings is 3. The molecule has 1 saturated heterocycles. The SMILES string of the molecule is COc1ccc(C2C(Cl)C(=O)N2C(=O)NCCCN2c3ccccc3Sc3ccccc32)cc1. The van der Waals surface area contributed by atoms with Crippen LogP contribution in [0.15, 0.2) is 82.6 Å². The van der Waals surface area contributed by atoms with E-state index in [1.54, 1.807) is 31.0 Å². The van der Waals surface area contributed by atoms with E-state index in [1.807, 2.05) is 36.4 Å². The van der Waals surface area contributed by atoms with Crippen LogP contribution in [0.25, 0.3) is 0 Å². The third kappa shape index (κ3) is 4.10. The number of hydrogen-bond acceptors (Lipinski definition) is 5. The van der Waals surface area contributed by atoms with Gasteiger partial charge in [-0.25, -0.2) is 4.79 Å². The standard InChI is InChI=1S/C26H24ClN3O3S/c1-33-18-13-11-17(12-14-18)24-23(27)25(31)30(24)26(32)28-15-6-16-29-19-7-2-4-9-21(19)34-22-10-5-3-8-20(22)29/h2-5,7-14,23-24H,6,15-16H2,1H3,(H,28,32).